The molecule has 2 aromatic rings. The van der Waals surface area contributed by atoms with Crippen LogP contribution in [0.4, 0.5) is 0 Å². The Hall–Kier alpha value is -1.96. The fraction of sp³-hybridized carbons (Fsp3) is 0.250. The number of phenolic OH excluding ortho intramolecular Hbond substituents is 1. The summed E-state index contributed by atoms with van der Waals surface area (Å²) < 4.78 is 5.04. The van der Waals surface area contributed by atoms with E-state index in [4.69, 9.17) is 4.74 Å². The van der Waals surface area contributed by atoms with Crippen LogP contribution in [0.15, 0.2) is 42.5 Å². The molecule has 0 spiro atoms. The molecule has 0 unspecified atom stereocenters. The lowest BCUT2D eigenvalue weighted by molar-refractivity contribution is 0.408. The second kappa shape index (κ2) is 6.70. The summed E-state index contributed by atoms with van der Waals surface area (Å²) in [4.78, 5) is 0. The predicted molar refractivity (Wildman–Crippen MR) is 76.2 cm³/mol. The standard InChI is InChI=1S/C14H14O2.C2H6/c1-10-3-5-11(6-4-10)13-8-7-12(16-2)9-14(13)15;1-2/h3-9,15H,1-2H3;1-2H3. The number of aromatic hydroxyl groups is 1. The molecule has 0 radical (unpaired) electrons. The van der Waals surface area contributed by atoms with Gasteiger partial charge >= 0.3 is 0 Å². The van der Waals surface area contributed by atoms with Crippen molar-refractivity contribution in [2.45, 2.75) is 20.8 Å². The molecule has 0 saturated carbocycles. The number of hydrogen-bond acceptors (Lipinski definition) is 2. The van der Waals surface area contributed by atoms with Crippen LogP contribution < -0.4 is 4.74 Å². The lowest BCUT2D eigenvalue weighted by Crippen LogP contribution is -1.84. The molecule has 0 saturated heterocycles. The second-order valence-corrected chi connectivity index (χ2v) is 3.75. The summed E-state index contributed by atoms with van der Waals surface area (Å²) >= 11 is 0. The molecule has 0 bridgehead atoms. The summed E-state index contributed by atoms with van der Waals surface area (Å²) in [6.07, 6.45) is 0. The molecule has 18 heavy (non-hydrogen) atoms. The van der Waals surface area contributed by atoms with Crippen LogP contribution in [0.5, 0.6) is 11.5 Å². The van der Waals surface area contributed by atoms with Crippen LogP contribution in [0.1, 0.15) is 19.4 Å². The largest absolute Gasteiger partial charge is 0.507 e. The zero-order valence-corrected chi connectivity index (χ0v) is 11.4. The van der Waals surface area contributed by atoms with E-state index in [1.165, 1.54) is 5.56 Å². The number of benzene rings is 2. The second-order valence-electron chi connectivity index (χ2n) is 3.75. The van der Waals surface area contributed by atoms with E-state index in [2.05, 4.69) is 0 Å². The first-order valence-corrected chi connectivity index (χ1v) is 6.15. The van der Waals surface area contributed by atoms with Gasteiger partial charge in [0, 0.05) is 11.6 Å². The van der Waals surface area contributed by atoms with E-state index < -0.39 is 0 Å². The summed E-state index contributed by atoms with van der Waals surface area (Å²) in [5, 5.41) is 9.87. The maximum Gasteiger partial charge on any atom is 0.127 e. The van der Waals surface area contributed by atoms with Crippen LogP contribution in [0.25, 0.3) is 11.1 Å². The van der Waals surface area contributed by atoms with Crippen molar-refractivity contribution in [2.75, 3.05) is 7.11 Å². The molecule has 2 rings (SSSR count). The van der Waals surface area contributed by atoms with Crippen molar-refractivity contribution in [1.29, 1.82) is 0 Å². The minimum absolute atomic E-state index is 0.239. The number of rotatable bonds is 2. The molecule has 96 valence electrons. The lowest BCUT2D eigenvalue weighted by atomic mass is 10.0. The van der Waals surface area contributed by atoms with Crippen molar-refractivity contribution in [2.24, 2.45) is 0 Å². The summed E-state index contributed by atoms with van der Waals surface area (Å²) in [6.45, 7) is 6.04. The van der Waals surface area contributed by atoms with Gasteiger partial charge in [0.1, 0.15) is 11.5 Å². The SMILES string of the molecule is CC.COc1ccc(-c2ccc(C)cc2)c(O)c1. The molecule has 0 aliphatic rings. The Bertz CT molecular complexity index is 487. The van der Waals surface area contributed by atoms with Gasteiger partial charge in [0.25, 0.3) is 0 Å². The smallest absolute Gasteiger partial charge is 0.127 e. The molecule has 0 aromatic heterocycles. The van der Waals surface area contributed by atoms with Gasteiger partial charge in [-0.2, -0.15) is 0 Å². The van der Waals surface area contributed by atoms with Gasteiger partial charge in [-0.15, -0.1) is 0 Å². The van der Waals surface area contributed by atoms with Gasteiger partial charge in [0.05, 0.1) is 7.11 Å². The number of phenols is 1. The first-order chi connectivity index (χ1) is 8.70. The molecule has 0 aliphatic carbocycles. The van der Waals surface area contributed by atoms with Crippen LogP contribution in [0.3, 0.4) is 0 Å². The third-order valence-electron chi connectivity index (χ3n) is 2.57. The Kier molecular flexibility index (Phi) is 5.25. The van der Waals surface area contributed by atoms with E-state index in [0.717, 1.165) is 11.1 Å². The minimum Gasteiger partial charge on any atom is -0.507 e. The van der Waals surface area contributed by atoms with Gasteiger partial charge in [-0.05, 0) is 24.6 Å². The molecule has 1 N–H and O–H groups in total. The predicted octanol–water partition coefficient (Wildman–Crippen LogP) is 4.40. The molecule has 2 heteroatoms. The quantitative estimate of drug-likeness (QED) is 0.848. The van der Waals surface area contributed by atoms with Crippen molar-refractivity contribution >= 4 is 0 Å². The van der Waals surface area contributed by atoms with E-state index in [9.17, 15) is 5.11 Å². The number of aryl methyl sites for hydroxylation is 1. The maximum absolute atomic E-state index is 9.87. The highest BCUT2D eigenvalue weighted by atomic mass is 16.5. The topological polar surface area (TPSA) is 29.5 Å². The van der Waals surface area contributed by atoms with Crippen molar-refractivity contribution in [3.05, 3.63) is 48.0 Å². The Morgan fingerprint density at radius 3 is 2.06 bits per heavy atom. The van der Waals surface area contributed by atoms with Gasteiger partial charge < -0.3 is 9.84 Å². The average molecular weight is 244 g/mol. The maximum atomic E-state index is 9.87. The third-order valence-corrected chi connectivity index (χ3v) is 2.57. The van der Waals surface area contributed by atoms with Crippen LogP contribution >= 0.6 is 0 Å². The molecule has 0 heterocycles. The Morgan fingerprint density at radius 2 is 1.56 bits per heavy atom. The molecule has 0 amide bonds. The van der Waals surface area contributed by atoms with Gasteiger partial charge in [-0.1, -0.05) is 43.7 Å². The van der Waals surface area contributed by atoms with Gasteiger partial charge in [-0.25, -0.2) is 0 Å². The summed E-state index contributed by atoms with van der Waals surface area (Å²) in [6, 6.07) is 13.4. The molecule has 2 nitrogen and oxygen atoms in total. The first kappa shape index (κ1) is 14.1. The molecular weight excluding hydrogens is 224 g/mol. The van der Waals surface area contributed by atoms with Gasteiger partial charge in [0.15, 0.2) is 0 Å². The molecule has 2 aromatic carbocycles. The van der Waals surface area contributed by atoms with E-state index in [1.54, 1.807) is 13.2 Å². The van der Waals surface area contributed by atoms with E-state index in [1.807, 2.05) is 57.2 Å². The van der Waals surface area contributed by atoms with Crippen molar-refractivity contribution in [1.82, 2.24) is 0 Å². The Labute approximate surface area is 109 Å². The number of methoxy groups -OCH3 is 1. The zero-order valence-electron chi connectivity index (χ0n) is 11.4. The fourth-order valence-electron chi connectivity index (χ4n) is 1.62. The Morgan fingerprint density at radius 1 is 0.944 bits per heavy atom. The highest BCUT2D eigenvalue weighted by Crippen LogP contribution is 2.32. The van der Waals surface area contributed by atoms with E-state index in [-0.39, 0.29) is 5.75 Å². The first-order valence-electron chi connectivity index (χ1n) is 6.15. The van der Waals surface area contributed by atoms with Gasteiger partial charge in [0.2, 0.25) is 0 Å². The summed E-state index contributed by atoms with van der Waals surface area (Å²) in [5.41, 5.74) is 3.03. The van der Waals surface area contributed by atoms with E-state index >= 15 is 0 Å². The summed E-state index contributed by atoms with van der Waals surface area (Å²) in [5.74, 6) is 0.900. The molecular formula is C16H20O2. The van der Waals surface area contributed by atoms with Crippen LogP contribution in [0, 0.1) is 6.92 Å². The van der Waals surface area contributed by atoms with Crippen LogP contribution in [-0.4, -0.2) is 12.2 Å². The normalized spacial score (nSPS) is 9.33. The number of hydrogen-bond donors (Lipinski definition) is 1. The Balaban J connectivity index is 0.000000771. The number of ether oxygens (including phenoxy) is 1. The lowest BCUT2D eigenvalue weighted by Gasteiger charge is -2.07. The zero-order chi connectivity index (χ0) is 13.5. The highest BCUT2D eigenvalue weighted by Gasteiger charge is 2.05. The van der Waals surface area contributed by atoms with Crippen LogP contribution in [0.2, 0.25) is 0 Å². The monoisotopic (exact) mass is 244 g/mol. The van der Waals surface area contributed by atoms with Gasteiger partial charge in [-0.3, -0.25) is 0 Å². The van der Waals surface area contributed by atoms with Crippen molar-refractivity contribution < 1.29 is 9.84 Å². The van der Waals surface area contributed by atoms with Crippen molar-refractivity contribution in [3.63, 3.8) is 0 Å². The summed E-state index contributed by atoms with van der Waals surface area (Å²) in [7, 11) is 1.58. The minimum atomic E-state index is 0.239. The third kappa shape index (κ3) is 3.27. The fourth-order valence-corrected chi connectivity index (χ4v) is 1.62. The molecule has 0 fully saturated rings. The molecule has 0 aliphatic heterocycles. The highest BCUT2D eigenvalue weighted by molar-refractivity contribution is 5.71. The van der Waals surface area contributed by atoms with Crippen molar-refractivity contribution in [3.8, 4) is 22.6 Å². The van der Waals surface area contributed by atoms with E-state index in [0.29, 0.717) is 5.75 Å². The van der Waals surface area contributed by atoms with Crippen LogP contribution in [-0.2, 0) is 0 Å². The molecule has 0 atom stereocenters. The average Bonchev–Trinajstić information content (AvgIpc) is 2.42.